The Balaban J connectivity index is 2.28. The first-order chi connectivity index (χ1) is 8.24. The van der Waals surface area contributed by atoms with E-state index < -0.39 is 0 Å². The van der Waals surface area contributed by atoms with E-state index in [-0.39, 0.29) is 0 Å². The highest BCUT2D eigenvalue weighted by Crippen LogP contribution is 2.32. The number of hydrogen-bond acceptors (Lipinski definition) is 1. The van der Waals surface area contributed by atoms with Crippen molar-refractivity contribution in [1.29, 1.82) is 0 Å². The fraction of sp³-hybridized carbons (Fsp3) is 0.625. The Morgan fingerprint density at radius 1 is 1.12 bits per heavy atom. The van der Waals surface area contributed by atoms with Gasteiger partial charge in [0.15, 0.2) is 0 Å². The smallest absolute Gasteiger partial charge is 0.0471 e. The van der Waals surface area contributed by atoms with Crippen LogP contribution in [0.4, 0.5) is 0 Å². The zero-order valence-electron chi connectivity index (χ0n) is 11.4. The van der Waals surface area contributed by atoms with E-state index in [4.69, 9.17) is 4.74 Å². The predicted octanol–water partition coefficient (Wildman–Crippen LogP) is 4.15. The van der Waals surface area contributed by atoms with Crippen molar-refractivity contribution in [2.45, 2.75) is 52.4 Å². The molecule has 2 rings (SSSR count). The molecular weight excluding hydrogens is 208 g/mol. The Kier molecular flexibility index (Phi) is 4.22. The van der Waals surface area contributed by atoms with E-state index in [9.17, 15) is 0 Å². The van der Waals surface area contributed by atoms with Crippen molar-refractivity contribution in [3.05, 3.63) is 34.4 Å². The Hall–Kier alpha value is -0.820. The van der Waals surface area contributed by atoms with Crippen LogP contribution < -0.4 is 0 Å². The van der Waals surface area contributed by atoms with Crippen molar-refractivity contribution in [1.82, 2.24) is 0 Å². The van der Waals surface area contributed by atoms with Gasteiger partial charge in [0.1, 0.15) is 0 Å². The molecule has 0 radical (unpaired) electrons. The highest BCUT2D eigenvalue weighted by Gasteiger charge is 2.17. The van der Waals surface area contributed by atoms with Crippen LogP contribution in [0.3, 0.4) is 0 Å². The average molecular weight is 232 g/mol. The molecule has 17 heavy (non-hydrogen) atoms. The van der Waals surface area contributed by atoms with Crippen molar-refractivity contribution in [2.75, 3.05) is 13.2 Å². The lowest BCUT2D eigenvalue weighted by atomic mass is 9.85. The molecule has 1 aliphatic heterocycles. The van der Waals surface area contributed by atoms with Crippen LogP contribution >= 0.6 is 0 Å². The van der Waals surface area contributed by atoms with Crippen LogP contribution in [0.25, 0.3) is 0 Å². The van der Waals surface area contributed by atoms with Crippen LogP contribution in [0.1, 0.15) is 54.4 Å². The molecule has 1 atom stereocenters. The van der Waals surface area contributed by atoms with Crippen LogP contribution in [0.2, 0.25) is 0 Å². The quantitative estimate of drug-likeness (QED) is 0.744. The van der Waals surface area contributed by atoms with E-state index in [1.54, 1.807) is 5.56 Å². The zero-order valence-corrected chi connectivity index (χ0v) is 11.4. The minimum Gasteiger partial charge on any atom is -0.381 e. The fourth-order valence-electron chi connectivity index (χ4n) is 2.94. The normalized spacial score (nSPS) is 21.2. The summed E-state index contributed by atoms with van der Waals surface area (Å²) in [5.74, 6) is 0.710. The maximum atomic E-state index is 5.56. The largest absolute Gasteiger partial charge is 0.381 e. The van der Waals surface area contributed by atoms with Crippen LogP contribution in [0, 0.1) is 13.8 Å². The van der Waals surface area contributed by atoms with Crippen LogP contribution in [-0.4, -0.2) is 13.2 Å². The van der Waals surface area contributed by atoms with E-state index in [2.05, 4.69) is 32.9 Å². The molecule has 94 valence electrons. The predicted molar refractivity (Wildman–Crippen MR) is 72.7 cm³/mol. The first-order valence-electron chi connectivity index (χ1n) is 6.90. The molecule has 1 aromatic carbocycles. The van der Waals surface area contributed by atoms with Crippen molar-refractivity contribution < 1.29 is 4.74 Å². The Morgan fingerprint density at radius 2 is 1.94 bits per heavy atom. The standard InChI is InChI=1S/C16H24O/c1-4-14-7-8-16(13(3)12(14)2)15-6-5-10-17-11-9-15/h7-8,15H,4-6,9-11H2,1-3H3. The fourth-order valence-corrected chi connectivity index (χ4v) is 2.94. The third-order valence-corrected chi connectivity index (χ3v) is 4.21. The molecule has 0 amide bonds. The van der Waals surface area contributed by atoms with Gasteiger partial charge in [0.05, 0.1) is 0 Å². The molecule has 1 fully saturated rings. The summed E-state index contributed by atoms with van der Waals surface area (Å²) >= 11 is 0. The SMILES string of the molecule is CCc1ccc(C2CCCOCC2)c(C)c1C. The Labute approximate surface area is 105 Å². The van der Waals surface area contributed by atoms with E-state index in [1.807, 2.05) is 0 Å². The second-order valence-corrected chi connectivity index (χ2v) is 5.16. The van der Waals surface area contributed by atoms with Crippen molar-refractivity contribution in [2.24, 2.45) is 0 Å². The van der Waals surface area contributed by atoms with Gasteiger partial charge in [-0.3, -0.25) is 0 Å². The lowest BCUT2D eigenvalue weighted by Gasteiger charge is -2.19. The molecule has 1 aromatic rings. The first kappa shape index (κ1) is 12.6. The van der Waals surface area contributed by atoms with E-state index in [0.29, 0.717) is 5.92 Å². The minimum absolute atomic E-state index is 0.710. The number of hydrogen-bond donors (Lipinski definition) is 0. The molecule has 0 bridgehead atoms. The van der Waals surface area contributed by atoms with Gasteiger partial charge in [-0.05, 0) is 67.7 Å². The van der Waals surface area contributed by atoms with Gasteiger partial charge in [0.25, 0.3) is 0 Å². The van der Waals surface area contributed by atoms with Crippen LogP contribution in [-0.2, 0) is 11.2 Å². The van der Waals surface area contributed by atoms with E-state index >= 15 is 0 Å². The number of rotatable bonds is 2. The molecule has 0 spiro atoms. The summed E-state index contributed by atoms with van der Waals surface area (Å²) in [6.45, 7) is 8.67. The Morgan fingerprint density at radius 3 is 2.71 bits per heavy atom. The van der Waals surface area contributed by atoms with Crippen molar-refractivity contribution in [3.8, 4) is 0 Å². The molecular formula is C16H24O. The molecule has 1 heterocycles. The summed E-state index contributed by atoms with van der Waals surface area (Å²) in [5, 5.41) is 0. The van der Waals surface area contributed by atoms with Gasteiger partial charge in [-0.2, -0.15) is 0 Å². The molecule has 0 aromatic heterocycles. The summed E-state index contributed by atoms with van der Waals surface area (Å²) in [6, 6.07) is 4.68. The monoisotopic (exact) mass is 232 g/mol. The maximum absolute atomic E-state index is 5.56. The van der Waals surface area contributed by atoms with E-state index in [0.717, 1.165) is 19.6 Å². The Bertz CT molecular complexity index is 373. The van der Waals surface area contributed by atoms with Gasteiger partial charge in [0.2, 0.25) is 0 Å². The van der Waals surface area contributed by atoms with Gasteiger partial charge in [0, 0.05) is 13.2 Å². The number of ether oxygens (including phenoxy) is 1. The van der Waals surface area contributed by atoms with Gasteiger partial charge >= 0.3 is 0 Å². The van der Waals surface area contributed by atoms with Crippen molar-refractivity contribution in [3.63, 3.8) is 0 Å². The van der Waals surface area contributed by atoms with Crippen LogP contribution in [0.5, 0.6) is 0 Å². The van der Waals surface area contributed by atoms with Gasteiger partial charge in [-0.25, -0.2) is 0 Å². The summed E-state index contributed by atoms with van der Waals surface area (Å²) in [4.78, 5) is 0. The van der Waals surface area contributed by atoms with E-state index in [1.165, 1.54) is 36.0 Å². The van der Waals surface area contributed by atoms with Gasteiger partial charge in [-0.15, -0.1) is 0 Å². The molecule has 0 saturated carbocycles. The van der Waals surface area contributed by atoms with Crippen LogP contribution in [0.15, 0.2) is 12.1 Å². The third kappa shape index (κ3) is 2.71. The molecule has 1 heteroatoms. The van der Waals surface area contributed by atoms with Gasteiger partial charge in [-0.1, -0.05) is 19.1 Å². The second kappa shape index (κ2) is 5.68. The second-order valence-electron chi connectivity index (χ2n) is 5.16. The highest BCUT2D eigenvalue weighted by molar-refractivity contribution is 5.41. The summed E-state index contributed by atoms with van der Waals surface area (Å²) in [7, 11) is 0. The third-order valence-electron chi connectivity index (χ3n) is 4.21. The minimum atomic E-state index is 0.710. The summed E-state index contributed by atoms with van der Waals surface area (Å²) < 4.78 is 5.56. The highest BCUT2D eigenvalue weighted by atomic mass is 16.5. The number of benzene rings is 1. The molecule has 1 nitrogen and oxygen atoms in total. The van der Waals surface area contributed by atoms with Gasteiger partial charge < -0.3 is 4.74 Å². The lowest BCUT2D eigenvalue weighted by Crippen LogP contribution is -2.04. The maximum Gasteiger partial charge on any atom is 0.0471 e. The molecule has 0 N–H and O–H groups in total. The average Bonchev–Trinajstić information content (AvgIpc) is 2.61. The molecule has 1 aliphatic rings. The molecule has 0 aliphatic carbocycles. The summed E-state index contributed by atoms with van der Waals surface area (Å²) in [5.41, 5.74) is 6.06. The first-order valence-corrected chi connectivity index (χ1v) is 6.90. The number of aryl methyl sites for hydroxylation is 1. The lowest BCUT2D eigenvalue weighted by molar-refractivity contribution is 0.143. The molecule has 1 unspecified atom stereocenters. The molecule has 1 saturated heterocycles. The zero-order chi connectivity index (χ0) is 12.3. The van der Waals surface area contributed by atoms with Crippen molar-refractivity contribution >= 4 is 0 Å². The summed E-state index contributed by atoms with van der Waals surface area (Å²) in [6.07, 6.45) is 4.82. The topological polar surface area (TPSA) is 9.23 Å².